The topological polar surface area (TPSA) is 47.9 Å². The lowest BCUT2D eigenvalue weighted by Gasteiger charge is -2.46. The number of ether oxygens (including phenoxy) is 2. The van der Waals surface area contributed by atoms with Gasteiger partial charge in [-0.2, -0.15) is 0 Å². The average Bonchev–Trinajstić information content (AvgIpc) is 2.55. The fraction of sp³-hybridized carbons (Fsp3) is 1.00. The molecule has 2 saturated heterocycles. The van der Waals surface area contributed by atoms with E-state index in [-0.39, 0.29) is 6.29 Å². The predicted octanol–water partition coefficient (Wildman–Crippen LogP) is 2.64. The van der Waals surface area contributed by atoms with E-state index < -0.39 is 6.29 Å². The molecule has 4 heteroatoms. The van der Waals surface area contributed by atoms with Gasteiger partial charge in [-0.1, -0.05) is 13.3 Å². The Morgan fingerprint density at radius 3 is 2.82 bits per heavy atom. The second-order valence-electron chi connectivity index (χ2n) is 5.83. The summed E-state index contributed by atoms with van der Waals surface area (Å²) >= 11 is 0. The van der Waals surface area contributed by atoms with Crippen molar-refractivity contribution >= 4 is 0 Å². The fourth-order valence-corrected chi connectivity index (χ4v) is 4.05. The van der Waals surface area contributed by atoms with Crippen molar-refractivity contribution in [1.29, 1.82) is 0 Å². The molecule has 1 saturated carbocycles. The van der Waals surface area contributed by atoms with Gasteiger partial charge < -0.3 is 9.47 Å². The maximum Gasteiger partial charge on any atom is 0.193 e. The number of rotatable bonds is 1. The maximum absolute atomic E-state index is 8.83. The highest BCUT2D eigenvalue weighted by Crippen LogP contribution is 2.49. The van der Waals surface area contributed by atoms with Crippen molar-refractivity contribution in [2.75, 3.05) is 6.61 Å². The molecule has 4 nitrogen and oxygen atoms in total. The first kappa shape index (κ1) is 11.9. The van der Waals surface area contributed by atoms with Crippen molar-refractivity contribution in [3.05, 3.63) is 0 Å². The monoisotopic (exact) mass is 242 g/mol. The Morgan fingerprint density at radius 1 is 1.12 bits per heavy atom. The third-order valence-electron chi connectivity index (χ3n) is 4.99. The zero-order valence-corrected chi connectivity index (χ0v) is 10.4. The van der Waals surface area contributed by atoms with Gasteiger partial charge in [-0.15, -0.1) is 0 Å². The Kier molecular flexibility index (Phi) is 3.39. The second-order valence-corrected chi connectivity index (χ2v) is 5.83. The summed E-state index contributed by atoms with van der Waals surface area (Å²) in [6, 6.07) is 0. The van der Waals surface area contributed by atoms with E-state index in [0.29, 0.717) is 11.8 Å². The maximum atomic E-state index is 8.83. The van der Waals surface area contributed by atoms with Crippen LogP contribution in [0.5, 0.6) is 0 Å². The van der Waals surface area contributed by atoms with E-state index in [0.717, 1.165) is 31.3 Å². The SMILES string of the molecule is C[C@@H]1CC[C@H]2CCOC3O[C@@H](OO)CCC1C32. The molecule has 0 spiro atoms. The average molecular weight is 242 g/mol. The van der Waals surface area contributed by atoms with Crippen molar-refractivity contribution < 1.29 is 19.6 Å². The summed E-state index contributed by atoms with van der Waals surface area (Å²) in [5, 5.41) is 8.83. The van der Waals surface area contributed by atoms with Crippen LogP contribution in [0.3, 0.4) is 0 Å². The molecule has 98 valence electrons. The molecule has 3 aliphatic rings. The lowest BCUT2D eigenvalue weighted by atomic mass is 9.64. The van der Waals surface area contributed by atoms with Gasteiger partial charge in [-0.25, -0.2) is 10.1 Å². The fourth-order valence-electron chi connectivity index (χ4n) is 4.05. The third kappa shape index (κ3) is 2.12. The first-order valence-electron chi connectivity index (χ1n) is 6.87. The van der Waals surface area contributed by atoms with Gasteiger partial charge in [0, 0.05) is 12.3 Å². The zero-order valence-electron chi connectivity index (χ0n) is 10.4. The first-order valence-corrected chi connectivity index (χ1v) is 6.87. The van der Waals surface area contributed by atoms with Crippen molar-refractivity contribution in [3.63, 3.8) is 0 Å². The van der Waals surface area contributed by atoms with Crippen LogP contribution in [-0.4, -0.2) is 24.4 Å². The second kappa shape index (κ2) is 4.84. The highest BCUT2D eigenvalue weighted by molar-refractivity contribution is 4.91. The lowest BCUT2D eigenvalue weighted by molar-refractivity contribution is -0.381. The Balaban J connectivity index is 1.83. The Hall–Kier alpha value is -0.160. The molecule has 3 rings (SSSR count). The minimum absolute atomic E-state index is 0.166. The van der Waals surface area contributed by atoms with Gasteiger partial charge in [-0.3, -0.25) is 0 Å². The highest BCUT2D eigenvalue weighted by Gasteiger charge is 2.47. The van der Waals surface area contributed by atoms with Gasteiger partial charge in [0.05, 0.1) is 6.61 Å². The zero-order chi connectivity index (χ0) is 11.8. The van der Waals surface area contributed by atoms with E-state index >= 15 is 0 Å². The minimum atomic E-state index is -0.503. The Labute approximate surface area is 102 Å². The van der Waals surface area contributed by atoms with Crippen molar-refractivity contribution in [2.45, 2.75) is 51.6 Å². The summed E-state index contributed by atoms with van der Waals surface area (Å²) in [6.45, 7) is 3.12. The Bertz CT molecular complexity index is 270. The van der Waals surface area contributed by atoms with Crippen LogP contribution >= 0.6 is 0 Å². The normalized spacial score (nSPS) is 50.5. The van der Waals surface area contributed by atoms with Gasteiger partial charge in [0.15, 0.2) is 12.6 Å². The molecule has 2 heterocycles. The molecule has 17 heavy (non-hydrogen) atoms. The molecular weight excluding hydrogens is 220 g/mol. The van der Waals surface area contributed by atoms with Crippen LogP contribution in [0.2, 0.25) is 0 Å². The summed E-state index contributed by atoms with van der Waals surface area (Å²) in [5.41, 5.74) is 0. The quantitative estimate of drug-likeness (QED) is 0.567. The van der Waals surface area contributed by atoms with Crippen molar-refractivity contribution in [3.8, 4) is 0 Å². The number of hydrogen-bond donors (Lipinski definition) is 1. The lowest BCUT2D eigenvalue weighted by Crippen LogP contribution is -2.46. The van der Waals surface area contributed by atoms with Crippen LogP contribution in [-0.2, 0) is 14.4 Å². The Morgan fingerprint density at radius 2 is 2.00 bits per heavy atom. The smallest absolute Gasteiger partial charge is 0.193 e. The van der Waals surface area contributed by atoms with Crippen LogP contribution in [0.15, 0.2) is 0 Å². The molecule has 3 fully saturated rings. The molecule has 6 atom stereocenters. The van der Waals surface area contributed by atoms with Gasteiger partial charge in [0.25, 0.3) is 0 Å². The molecule has 3 unspecified atom stereocenters. The van der Waals surface area contributed by atoms with E-state index in [2.05, 4.69) is 11.8 Å². The minimum Gasteiger partial charge on any atom is -0.352 e. The van der Waals surface area contributed by atoms with Gasteiger partial charge in [0.1, 0.15) is 0 Å². The summed E-state index contributed by atoms with van der Waals surface area (Å²) < 4.78 is 11.5. The molecular formula is C13H22O4. The summed E-state index contributed by atoms with van der Waals surface area (Å²) in [5.74, 6) is 2.65. The van der Waals surface area contributed by atoms with Gasteiger partial charge in [-0.05, 0) is 37.0 Å². The largest absolute Gasteiger partial charge is 0.352 e. The summed E-state index contributed by atoms with van der Waals surface area (Å²) in [6.07, 6.45) is 4.97. The number of hydrogen-bond acceptors (Lipinski definition) is 4. The predicted molar refractivity (Wildman–Crippen MR) is 61.0 cm³/mol. The molecule has 0 amide bonds. The van der Waals surface area contributed by atoms with E-state index in [1.165, 1.54) is 19.3 Å². The van der Waals surface area contributed by atoms with E-state index in [1.807, 2.05) is 0 Å². The third-order valence-corrected chi connectivity index (χ3v) is 4.99. The van der Waals surface area contributed by atoms with Crippen LogP contribution in [0.1, 0.15) is 39.0 Å². The van der Waals surface area contributed by atoms with Crippen molar-refractivity contribution in [2.24, 2.45) is 23.7 Å². The van der Waals surface area contributed by atoms with E-state index in [4.69, 9.17) is 14.7 Å². The molecule has 2 aliphatic heterocycles. The molecule has 1 aliphatic carbocycles. The van der Waals surface area contributed by atoms with Crippen LogP contribution in [0.4, 0.5) is 0 Å². The van der Waals surface area contributed by atoms with Gasteiger partial charge >= 0.3 is 0 Å². The molecule has 0 radical (unpaired) electrons. The van der Waals surface area contributed by atoms with Crippen LogP contribution < -0.4 is 0 Å². The van der Waals surface area contributed by atoms with Crippen LogP contribution in [0.25, 0.3) is 0 Å². The van der Waals surface area contributed by atoms with E-state index in [9.17, 15) is 0 Å². The van der Waals surface area contributed by atoms with E-state index in [1.54, 1.807) is 0 Å². The standard InChI is InChI=1S/C13H22O4/c1-8-2-3-9-6-7-15-13-12(9)10(8)4-5-11(16-13)17-14/h8-14H,2-7H2,1H3/t8-,9+,10?,11+,12?,13?/m1/s1. The molecule has 0 aromatic rings. The van der Waals surface area contributed by atoms with Crippen LogP contribution in [0, 0.1) is 23.7 Å². The molecule has 0 bridgehead atoms. The summed E-state index contributed by atoms with van der Waals surface area (Å²) in [7, 11) is 0. The molecule has 0 aromatic carbocycles. The highest BCUT2D eigenvalue weighted by atomic mass is 17.1. The summed E-state index contributed by atoms with van der Waals surface area (Å²) in [4.78, 5) is 4.40. The molecule has 0 aromatic heterocycles. The first-order chi connectivity index (χ1) is 8.29. The van der Waals surface area contributed by atoms with Crippen molar-refractivity contribution in [1.82, 2.24) is 0 Å². The van der Waals surface area contributed by atoms with Gasteiger partial charge in [0.2, 0.25) is 0 Å². The molecule has 1 N–H and O–H groups in total.